The topological polar surface area (TPSA) is 40.5 Å². The van der Waals surface area contributed by atoms with Gasteiger partial charge in [-0.15, -0.1) is 24.5 Å². The summed E-state index contributed by atoms with van der Waals surface area (Å²) < 4.78 is 0. The largest absolute Gasteiger partial charge is 0.400 e. The van der Waals surface area contributed by atoms with Crippen molar-refractivity contribution in [3.8, 4) is 0 Å². The maximum atomic E-state index is 7.00. The molecule has 0 amide bonds. The van der Waals surface area contributed by atoms with Crippen LogP contribution in [0.3, 0.4) is 0 Å². The monoisotopic (exact) mass is 255 g/mol. The van der Waals surface area contributed by atoms with Crippen LogP contribution in [0, 0.1) is 6.92 Å². The smallest absolute Gasteiger partial charge is 0.0319 e. The van der Waals surface area contributed by atoms with E-state index in [2.05, 4.69) is 6.92 Å². The first-order valence-corrected chi connectivity index (χ1v) is 3.16. The third-order valence-electron chi connectivity index (χ3n) is 0.843. The van der Waals surface area contributed by atoms with Gasteiger partial charge in [0.25, 0.3) is 0 Å². The number of hydrogen-bond donors (Lipinski definition) is 2. The predicted octanol–water partition coefficient (Wildman–Crippen LogP) is 1.51. The van der Waals surface area contributed by atoms with E-state index in [4.69, 9.17) is 10.2 Å². The van der Waals surface area contributed by atoms with E-state index >= 15 is 0 Å². The van der Waals surface area contributed by atoms with Crippen LogP contribution in [0.25, 0.3) is 0 Å². The minimum Gasteiger partial charge on any atom is -0.400 e. The molecule has 0 heterocycles. The zero-order valence-corrected chi connectivity index (χ0v) is 11.9. The molecular formula is C9H16ClO2Zn-. The minimum absolute atomic E-state index is 0. The van der Waals surface area contributed by atoms with Gasteiger partial charge in [0.05, 0.1) is 0 Å². The van der Waals surface area contributed by atoms with Crippen LogP contribution < -0.4 is 0 Å². The number of aliphatic hydroxyl groups is 2. The van der Waals surface area contributed by atoms with Crippen LogP contribution in [0.15, 0.2) is 30.3 Å². The summed E-state index contributed by atoms with van der Waals surface area (Å²) in [5, 5.41) is 14.0. The van der Waals surface area contributed by atoms with Gasteiger partial charge >= 0.3 is 0 Å². The van der Waals surface area contributed by atoms with Gasteiger partial charge < -0.3 is 10.2 Å². The van der Waals surface area contributed by atoms with Gasteiger partial charge in [-0.3, -0.25) is 0 Å². The van der Waals surface area contributed by atoms with Gasteiger partial charge in [0.1, 0.15) is 0 Å². The van der Waals surface area contributed by atoms with Gasteiger partial charge in [-0.05, 0) is 0 Å². The Labute approximate surface area is 99.2 Å². The summed E-state index contributed by atoms with van der Waals surface area (Å²) in [7, 11) is 2.00. The molecule has 0 spiro atoms. The Balaban J connectivity index is -0.0000000607. The van der Waals surface area contributed by atoms with E-state index in [0.29, 0.717) is 0 Å². The molecule has 2 N–H and O–H groups in total. The maximum absolute atomic E-state index is 7.00. The number of rotatable bonds is 0. The molecule has 1 aromatic carbocycles. The van der Waals surface area contributed by atoms with E-state index in [0.717, 1.165) is 19.8 Å². The Morgan fingerprint density at radius 1 is 0.923 bits per heavy atom. The van der Waals surface area contributed by atoms with Gasteiger partial charge in [0.15, 0.2) is 0 Å². The van der Waals surface area contributed by atoms with Crippen molar-refractivity contribution in [1.29, 1.82) is 0 Å². The van der Waals surface area contributed by atoms with Crippen molar-refractivity contribution in [1.82, 2.24) is 0 Å². The zero-order valence-electron chi connectivity index (χ0n) is 8.10. The van der Waals surface area contributed by atoms with Crippen LogP contribution >= 0.6 is 12.4 Å². The predicted molar refractivity (Wildman–Crippen MR) is 54.4 cm³/mol. The maximum Gasteiger partial charge on any atom is 0.0319 e. The Hall–Kier alpha value is -0.0766. The van der Waals surface area contributed by atoms with Crippen LogP contribution in [0.2, 0.25) is 0 Å². The van der Waals surface area contributed by atoms with E-state index in [1.807, 2.05) is 30.3 Å². The molecule has 0 aromatic heterocycles. The van der Waals surface area contributed by atoms with E-state index < -0.39 is 0 Å². The molecule has 0 unspecified atom stereocenters. The number of aliphatic hydroxyl groups excluding tert-OH is 2. The molecule has 1 aromatic rings. The Kier molecular flexibility index (Phi) is 40.2. The van der Waals surface area contributed by atoms with Gasteiger partial charge in [-0.25, -0.2) is 0 Å². The van der Waals surface area contributed by atoms with Crippen molar-refractivity contribution >= 4 is 12.4 Å². The molecule has 0 aliphatic carbocycles. The first-order chi connectivity index (χ1) is 5.39. The average Bonchev–Trinajstić information content (AvgIpc) is 2.13. The van der Waals surface area contributed by atoms with Crippen molar-refractivity contribution in [2.45, 2.75) is 0 Å². The van der Waals surface area contributed by atoms with Crippen molar-refractivity contribution in [3.05, 3.63) is 42.8 Å². The average molecular weight is 257 g/mol. The summed E-state index contributed by atoms with van der Waals surface area (Å²) in [5.74, 6) is 0. The number of halogens is 1. The molecule has 0 atom stereocenters. The van der Waals surface area contributed by atoms with E-state index in [1.165, 1.54) is 0 Å². The minimum atomic E-state index is 0. The van der Waals surface area contributed by atoms with Gasteiger partial charge in [0, 0.05) is 33.7 Å². The van der Waals surface area contributed by atoms with Crippen LogP contribution in [0.5, 0.6) is 0 Å². The number of benzene rings is 1. The molecule has 0 aliphatic rings. The zero-order chi connectivity index (χ0) is 9.11. The fraction of sp³-hybridized carbons (Fsp3) is 0.222. The molecule has 74 valence electrons. The molecule has 0 saturated carbocycles. The summed E-state index contributed by atoms with van der Waals surface area (Å²) in [5.41, 5.74) is 1.07. The second-order valence-corrected chi connectivity index (χ2v) is 1.49. The second-order valence-electron chi connectivity index (χ2n) is 1.49. The molecule has 0 aliphatic heterocycles. The van der Waals surface area contributed by atoms with Crippen LogP contribution in [0.4, 0.5) is 0 Å². The van der Waals surface area contributed by atoms with Crippen molar-refractivity contribution in [2.75, 3.05) is 14.2 Å². The fourth-order valence-electron chi connectivity index (χ4n) is 0.478. The molecule has 1 rings (SSSR count). The molecule has 0 fully saturated rings. The molecule has 2 nitrogen and oxygen atoms in total. The molecule has 0 radical (unpaired) electrons. The third kappa shape index (κ3) is 18.7. The Morgan fingerprint density at radius 3 is 1.38 bits per heavy atom. The quantitative estimate of drug-likeness (QED) is 0.546. The van der Waals surface area contributed by atoms with Crippen LogP contribution in [-0.2, 0) is 19.5 Å². The van der Waals surface area contributed by atoms with E-state index in [9.17, 15) is 0 Å². The molecule has 13 heavy (non-hydrogen) atoms. The summed E-state index contributed by atoms with van der Waals surface area (Å²) in [6, 6.07) is 9.87. The molecule has 0 bridgehead atoms. The summed E-state index contributed by atoms with van der Waals surface area (Å²) >= 11 is 0. The Morgan fingerprint density at radius 2 is 1.23 bits per heavy atom. The molecular weight excluding hydrogens is 241 g/mol. The van der Waals surface area contributed by atoms with Crippen molar-refractivity contribution in [3.63, 3.8) is 0 Å². The first-order valence-electron chi connectivity index (χ1n) is 3.16. The van der Waals surface area contributed by atoms with Gasteiger partial charge in [0.2, 0.25) is 0 Å². The summed E-state index contributed by atoms with van der Waals surface area (Å²) in [6.45, 7) is 3.72. The van der Waals surface area contributed by atoms with Crippen LogP contribution in [0.1, 0.15) is 5.56 Å². The van der Waals surface area contributed by atoms with Gasteiger partial charge in [-0.1, -0.05) is 6.07 Å². The normalized spacial score (nSPS) is 5.54. The molecule has 0 saturated heterocycles. The van der Waals surface area contributed by atoms with Gasteiger partial charge in [-0.2, -0.15) is 24.6 Å². The number of hydrogen-bond acceptors (Lipinski definition) is 2. The molecule has 4 heteroatoms. The third-order valence-corrected chi connectivity index (χ3v) is 0.843. The second kappa shape index (κ2) is 22.7. The SMILES string of the molecule is CO.CO.Cl.[CH2-]c1ccccc1.[Zn]. The first kappa shape index (κ1) is 23.1. The van der Waals surface area contributed by atoms with Crippen LogP contribution in [-0.4, -0.2) is 24.4 Å². The van der Waals surface area contributed by atoms with E-state index in [-0.39, 0.29) is 31.9 Å². The fourth-order valence-corrected chi connectivity index (χ4v) is 0.478. The Bertz CT molecular complexity index is 148. The summed E-state index contributed by atoms with van der Waals surface area (Å²) in [6.07, 6.45) is 0. The summed E-state index contributed by atoms with van der Waals surface area (Å²) in [4.78, 5) is 0. The standard InChI is InChI=1S/C7H7.2CH4O.ClH.Zn/c1-7-5-3-2-4-6-7;2*1-2;;/h2-6H,1H2;2*2H,1H3;1H;/q-1;;;;. The van der Waals surface area contributed by atoms with Crippen molar-refractivity contribution < 1.29 is 29.7 Å². The van der Waals surface area contributed by atoms with E-state index in [1.54, 1.807) is 0 Å². The van der Waals surface area contributed by atoms with Crippen molar-refractivity contribution in [2.24, 2.45) is 0 Å².